The monoisotopic (exact) mass is 311 g/mol. The van der Waals surface area contributed by atoms with E-state index in [2.05, 4.69) is 25.4 Å². The maximum atomic E-state index is 10.6. The Balaban J connectivity index is 2.85. The number of rotatable bonds is 3. The average molecular weight is 313 g/mol. The van der Waals surface area contributed by atoms with Gasteiger partial charge in [0.05, 0.1) is 6.26 Å². The number of nitrogens with zero attached hydrogens (tertiary/aromatic N) is 1. The molecule has 1 aromatic rings. The Morgan fingerprint density at radius 2 is 1.93 bits per heavy atom. The molecule has 1 rings (SSSR count). The Morgan fingerprint density at radius 1 is 1.40 bits per heavy atom. The van der Waals surface area contributed by atoms with Crippen molar-refractivity contribution in [3.63, 3.8) is 0 Å². The van der Waals surface area contributed by atoms with Gasteiger partial charge in [0.15, 0.2) is 5.17 Å². The number of hydrogen-bond donors (Lipinski definition) is 0. The zero-order valence-electron chi connectivity index (χ0n) is 7.65. The first-order valence-electron chi connectivity index (χ1n) is 3.76. The first-order chi connectivity index (χ1) is 6.88. The van der Waals surface area contributed by atoms with E-state index in [1.54, 1.807) is 24.3 Å². The summed E-state index contributed by atoms with van der Waals surface area (Å²) in [6.07, 6.45) is 0.891. The third kappa shape index (κ3) is 4.63. The average Bonchev–Trinajstić information content (AvgIpc) is 2.14. The van der Waals surface area contributed by atoms with Gasteiger partial charge in [-0.15, -0.1) is 0 Å². The number of oxime groups is 1. The SMILES string of the molecule is CS(=O)(=O)O/N=C(\Cl)c1ccc(Br)cc1. The highest BCUT2D eigenvalue weighted by atomic mass is 79.9. The fraction of sp³-hybridized carbons (Fsp3) is 0.125. The Hall–Kier alpha value is -0.590. The lowest BCUT2D eigenvalue weighted by Gasteiger charge is -1.98. The van der Waals surface area contributed by atoms with Gasteiger partial charge in [-0.05, 0) is 12.1 Å². The van der Waals surface area contributed by atoms with E-state index in [1.807, 2.05) is 0 Å². The third-order valence-corrected chi connectivity index (χ3v) is 2.50. The van der Waals surface area contributed by atoms with E-state index in [4.69, 9.17) is 11.6 Å². The van der Waals surface area contributed by atoms with Crippen molar-refractivity contribution in [3.8, 4) is 0 Å². The summed E-state index contributed by atoms with van der Waals surface area (Å²) >= 11 is 8.97. The van der Waals surface area contributed by atoms with Gasteiger partial charge in [0.1, 0.15) is 0 Å². The van der Waals surface area contributed by atoms with Crippen molar-refractivity contribution < 1.29 is 12.7 Å². The normalized spacial score (nSPS) is 12.6. The van der Waals surface area contributed by atoms with Crippen molar-refractivity contribution in [3.05, 3.63) is 34.3 Å². The molecule has 0 aliphatic heterocycles. The van der Waals surface area contributed by atoms with E-state index in [1.165, 1.54) is 0 Å². The van der Waals surface area contributed by atoms with E-state index in [0.717, 1.165) is 10.7 Å². The first kappa shape index (κ1) is 12.5. The van der Waals surface area contributed by atoms with Crippen molar-refractivity contribution in [2.75, 3.05) is 6.26 Å². The lowest BCUT2D eigenvalue weighted by molar-refractivity contribution is 0.344. The molecule has 0 amide bonds. The molecule has 0 N–H and O–H groups in total. The smallest absolute Gasteiger partial charge is 0.267 e. The summed E-state index contributed by atoms with van der Waals surface area (Å²) in [5, 5.41) is 3.25. The minimum absolute atomic E-state index is 0.0204. The molecule has 0 heterocycles. The van der Waals surface area contributed by atoms with Crippen LogP contribution in [0.4, 0.5) is 0 Å². The molecule has 0 spiro atoms. The Kier molecular flexibility index (Phi) is 4.12. The van der Waals surface area contributed by atoms with Crippen LogP contribution in [0.25, 0.3) is 0 Å². The third-order valence-electron chi connectivity index (χ3n) is 1.34. The van der Waals surface area contributed by atoms with Gasteiger partial charge >= 0.3 is 10.1 Å². The highest BCUT2D eigenvalue weighted by molar-refractivity contribution is 9.10. The first-order valence-corrected chi connectivity index (χ1v) is 6.75. The van der Waals surface area contributed by atoms with Crippen molar-refractivity contribution >= 4 is 42.8 Å². The van der Waals surface area contributed by atoms with Gasteiger partial charge in [-0.25, -0.2) is 0 Å². The number of benzene rings is 1. The predicted octanol–water partition coefficient (Wildman–Crippen LogP) is 2.33. The molecule has 82 valence electrons. The van der Waals surface area contributed by atoms with Gasteiger partial charge in [-0.3, -0.25) is 4.28 Å². The summed E-state index contributed by atoms with van der Waals surface area (Å²) in [5.41, 5.74) is 0.573. The highest BCUT2D eigenvalue weighted by Gasteiger charge is 2.04. The zero-order chi connectivity index (χ0) is 11.5. The van der Waals surface area contributed by atoms with Crippen LogP contribution in [0.2, 0.25) is 0 Å². The van der Waals surface area contributed by atoms with Crippen LogP contribution in [0.15, 0.2) is 33.9 Å². The van der Waals surface area contributed by atoms with Crippen LogP contribution in [0.3, 0.4) is 0 Å². The van der Waals surface area contributed by atoms with Crippen LogP contribution in [-0.2, 0) is 14.4 Å². The molecule has 0 aliphatic carbocycles. The summed E-state index contributed by atoms with van der Waals surface area (Å²) < 4.78 is 26.3. The van der Waals surface area contributed by atoms with E-state index in [0.29, 0.717) is 5.56 Å². The maximum absolute atomic E-state index is 10.6. The second-order valence-corrected chi connectivity index (χ2v) is 5.50. The largest absolute Gasteiger partial charge is 0.325 e. The van der Waals surface area contributed by atoms with E-state index in [9.17, 15) is 8.42 Å². The maximum Gasteiger partial charge on any atom is 0.325 e. The molecular formula is C8H7BrClNO3S. The van der Waals surface area contributed by atoms with Gasteiger partial charge in [0, 0.05) is 10.0 Å². The molecule has 15 heavy (non-hydrogen) atoms. The molecule has 0 aliphatic rings. The van der Waals surface area contributed by atoms with Crippen LogP contribution >= 0.6 is 27.5 Å². The van der Waals surface area contributed by atoms with Gasteiger partial charge < -0.3 is 0 Å². The predicted molar refractivity (Wildman–Crippen MR) is 62.5 cm³/mol. The van der Waals surface area contributed by atoms with Crippen molar-refractivity contribution in [1.82, 2.24) is 0 Å². The lowest BCUT2D eigenvalue weighted by Crippen LogP contribution is -2.00. The second-order valence-electron chi connectivity index (χ2n) is 2.67. The molecule has 4 nitrogen and oxygen atoms in total. The quantitative estimate of drug-likeness (QED) is 0.636. The molecule has 0 aromatic heterocycles. The zero-order valence-corrected chi connectivity index (χ0v) is 10.8. The molecule has 1 aromatic carbocycles. The van der Waals surface area contributed by atoms with Gasteiger partial charge in [0.2, 0.25) is 0 Å². The molecule has 0 radical (unpaired) electrons. The standard InChI is InChI=1S/C8H7BrClNO3S/c1-15(12,13)14-11-8(10)6-2-4-7(9)5-3-6/h2-5H,1H3/b11-8-. The summed E-state index contributed by atoms with van der Waals surface area (Å²) in [6, 6.07) is 6.88. The van der Waals surface area contributed by atoms with E-state index >= 15 is 0 Å². The van der Waals surface area contributed by atoms with Gasteiger partial charge in [-0.2, -0.15) is 8.42 Å². The summed E-state index contributed by atoms with van der Waals surface area (Å²) in [7, 11) is -3.62. The van der Waals surface area contributed by atoms with Crippen LogP contribution in [0, 0.1) is 0 Å². The molecular weight excluding hydrogens is 306 g/mol. The van der Waals surface area contributed by atoms with Crippen molar-refractivity contribution in [2.45, 2.75) is 0 Å². The molecule has 0 saturated carbocycles. The lowest BCUT2D eigenvalue weighted by atomic mass is 10.2. The number of halogens is 2. The summed E-state index contributed by atoms with van der Waals surface area (Å²) in [6.45, 7) is 0. The second kappa shape index (κ2) is 4.96. The van der Waals surface area contributed by atoms with Gasteiger partial charge in [-0.1, -0.05) is 44.8 Å². The topological polar surface area (TPSA) is 55.7 Å². The Morgan fingerprint density at radius 3 is 2.40 bits per heavy atom. The molecule has 0 bridgehead atoms. The van der Waals surface area contributed by atoms with Crippen LogP contribution in [0.1, 0.15) is 5.56 Å². The van der Waals surface area contributed by atoms with Crippen molar-refractivity contribution in [1.29, 1.82) is 0 Å². The number of hydrogen-bond acceptors (Lipinski definition) is 4. The van der Waals surface area contributed by atoms with E-state index in [-0.39, 0.29) is 5.17 Å². The van der Waals surface area contributed by atoms with Crippen molar-refractivity contribution in [2.24, 2.45) is 5.16 Å². The van der Waals surface area contributed by atoms with E-state index < -0.39 is 10.1 Å². The Labute approximate surface area is 101 Å². The molecule has 7 heteroatoms. The van der Waals surface area contributed by atoms with Crippen LogP contribution in [0.5, 0.6) is 0 Å². The molecule has 0 atom stereocenters. The summed E-state index contributed by atoms with van der Waals surface area (Å²) in [4.78, 5) is 0. The molecule has 0 saturated heterocycles. The molecule has 0 unspecified atom stereocenters. The Bertz CT molecular complexity index is 469. The fourth-order valence-corrected chi connectivity index (χ4v) is 1.42. The van der Waals surface area contributed by atoms with Crippen LogP contribution < -0.4 is 0 Å². The fourth-order valence-electron chi connectivity index (χ4n) is 0.741. The van der Waals surface area contributed by atoms with Gasteiger partial charge in [0.25, 0.3) is 0 Å². The minimum atomic E-state index is -3.62. The minimum Gasteiger partial charge on any atom is -0.267 e. The molecule has 0 fully saturated rings. The van der Waals surface area contributed by atoms with Crippen LogP contribution in [-0.4, -0.2) is 19.8 Å². The highest BCUT2D eigenvalue weighted by Crippen LogP contribution is 2.13. The summed E-state index contributed by atoms with van der Waals surface area (Å²) in [5.74, 6) is 0.